The van der Waals surface area contributed by atoms with Gasteiger partial charge in [-0.15, -0.1) is 0 Å². The average molecular weight is 405 g/mol. The van der Waals surface area contributed by atoms with Crippen molar-refractivity contribution in [3.8, 4) is 11.4 Å². The van der Waals surface area contributed by atoms with Crippen molar-refractivity contribution in [2.45, 2.75) is 39.0 Å². The van der Waals surface area contributed by atoms with E-state index in [0.29, 0.717) is 40.3 Å². The van der Waals surface area contributed by atoms with E-state index in [1.807, 2.05) is 12.1 Å². The van der Waals surface area contributed by atoms with Gasteiger partial charge in [0, 0.05) is 29.1 Å². The summed E-state index contributed by atoms with van der Waals surface area (Å²) in [7, 11) is 0. The van der Waals surface area contributed by atoms with Gasteiger partial charge in [0.25, 0.3) is 5.56 Å². The van der Waals surface area contributed by atoms with E-state index in [1.165, 1.54) is 6.92 Å². The van der Waals surface area contributed by atoms with Gasteiger partial charge >= 0.3 is 5.97 Å². The van der Waals surface area contributed by atoms with Crippen LogP contribution in [-0.2, 0) is 33.1 Å². The van der Waals surface area contributed by atoms with Gasteiger partial charge in [-0.25, -0.2) is 9.78 Å². The van der Waals surface area contributed by atoms with Crippen LogP contribution in [0.4, 0.5) is 5.69 Å². The summed E-state index contributed by atoms with van der Waals surface area (Å²) in [5, 5.41) is 14.5. The third-order valence-corrected chi connectivity index (χ3v) is 5.83. The zero-order valence-corrected chi connectivity index (χ0v) is 16.5. The van der Waals surface area contributed by atoms with Crippen LogP contribution >= 0.6 is 0 Å². The predicted octanol–water partition coefficient (Wildman–Crippen LogP) is 2.04. The molecule has 2 aromatic heterocycles. The molecule has 0 spiro atoms. The Balaban J connectivity index is 1.70. The molecular weight excluding hydrogens is 386 g/mol. The Bertz CT molecular complexity index is 1330. The van der Waals surface area contributed by atoms with E-state index < -0.39 is 11.6 Å². The molecule has 1 atom stereocenters. The third-order valence-electron chi connectivity index (χ3n) is 5.83. The van der Waals surface area contributed by atoms with Gasteiger partial charge in [0.2, 0.25) is 5.91 Å². The van der Waals surface area contributed by atoms with Crippen molar-refractivity contribution in [2.24, 2.45) is 0 Å². The summed E-state index contributed by atoms with van der Waals surface area (Å²) < 4.78 is 6.68. The maximum atomic E-state index is 13.1. The van der Waals surface area contributed by atoms with E-state index in [9.17, 15) is 19.5 Å². The number of nitrogens with one attached hydrogen (secondary N) is 1. The number of amides is 1. The molecule has 0 unspecified atom stereocenters. The van der Waals surface area contributed by atoms with Crippen molar-refractivity contribution in [3.05, 3.63) is 57.4 Å². The summed E-state index contributed by atoms with van der Waals surface area (Å²) in [5.74, 6) is -0.898. The summed E-state index contributed by atoms with van der Waals surface area (Å²) >= 11 is 0. The second-order valence-electron chi connectivity index (χ2n) is 7.69. The monoisotopic (exact) mass is 405 g/mol. The lowest BCUT2D eigenvalue weighted by Crippen LogP contribution is -2.44. The Kier molecular flexibility index (Phi) is 3.85. The minimum absolute atomic E-state index is 0.103. The SMILES string of the molecule is CC[C@@]1(O)C(=O)OCc2c1cc1n(c2=O)Cc2cc3cc(NC(C)=O)ccc3nc2-1. The van der Waals surface area contributed by atoms with Crippen LogP contribution in [0.25, 0.3) is 22.3 Å². The molecule has 30 heavy (non-hydrogen) atoms. The van der Waals surface area contributed by atoms with Crippen LogP contribution in [0.2, 0.25) is 0 Å². The van der Waals surface area contributed by atoms with Crippen LogP contribution in [0.3, 0.4) is 0 Å². The second kappa shape index (κ2) is 6.24. The number of cyclic esters (lactones) is 1. The average Bonchev–Trinajstić information content (AvgIpc) is 3.07. The van der Waals surface area contributed by atoms with Crippen molar-refractivity contribution in [1.29, 1.82) is 0 Å². The molecule has 3 aromatic rings. The van der Waals surface area contributed by atoms with Crippen molar-refractivity contribution < 1.29 is 19.4 Å². The summed E-state index contributed by atoms with van der Waals surface area (Å²) in [4.78, 5) is 41.4. The van der Waals surface area contributed by atoms with Gasteiger partial charge in [-0.05, 0) is 36.8 Å². The predicted molar refractivity (Wildman–Crippen MR) is 109 cm³/mol. The lowest BCUT2D eigenvalue weighted by molar-refractivity contribution is -0.172. The van der Waals surface area contributed by atoms with Crippen LogP contribution in [-0.4, -0.2) is 26.5 Å². The van der Waals surface area contributed by atoms with Gasteiger partial charge in [0.05, 0.1) is 29.0 Å². The number of esters is 1. The fourth-order valence-corrected chi connectivity index (χ4v) is 4.27. The van der Waals surface area contributed by atoms with Gasteiger partial charge in [0.15, 0.2) is 5.60 Å². The highest BCUT2D eigenvalue weighted by molar-refractivity contribution is 5.93. The molecule has 8 heteroatoms. The molecule has 152 valence electrons. The maximum absolute atomic E-state index is 13.1. The number of ether oxygens (including phenoxy) is 1. The number of rotatable bonds is 2. The molecule has 4 heterocycles. The van der Waals surface area contributed by atoms with Gasteiger partial charge in [-0.1, -0.05) is 6.92 Å². The molecule has 0 saturated heterocycles. The molecule has 0 bridgehead atoms. The zero-order valence-electron chi connectivity index (χ0n) is 16.5. The third kappa shape index (κ3) is 2.50. The molecule has 2 aliphatic rings. The summed E-state index contributed by atoms with van der Waals surface area (Å²) in [6.07, 6.45) is 0.103. The van der Waals surface area contributed by atoms with Crippen LogP contribution in [0, 0.1) is 0 Å². The number of anilines is 1. The standard InChI is InChI=1S/C22H19N3O5/c1-3-22(29)16-8-18-19-13(9-25(18)20(27)15(16)10-30-21(22)28)6-12-7-14(23-11(2)26)4-5-17(12)24-19/h4-8,29H,3,9-10H2,1-2H3,(H,23,26)/t22-/m0/s1. The van der Waals surface area contributed by atoms with Crippen LogP contribution < -0.4 is 10.9 Å². The first-order valence-electron chi connectivity index (χ1n) is 9.70. The Morgan fingerprint density at radius 3 is 2.83 bits per heavy atom. The van der Waals surface area contributed by atoms with Crippen molar-refractivity contribution in [3.63, 3.8) is 0 Å². The Morgan fingerprint density at radius 2 is 2.10 bits per heavy atom. The quantitative estimate of drug-likeness (QED) is 0.494. The topological polar surface area (TPSA) is 111 Å². The highest BCUT2D eigenvalue weighted by Crippen LogP contribution is 2.38. The van der Waals surface area contributed by atoms with Crippen LogP contribution in [0.1, 0.15) is 37.0 Å². The number of hydrogen-bond donors (Lipinski definition) is 2. The lowest BCUT2D eigenvalue weighted by Gasteiger charge is -2.31. The van der Waals surface area contributed by atoms with Gasteiger partial charge in [0.1, 0.15) is 6.61 Å². The highest BCUT2D eigenvalue weighted by atomic mass is 16.6. The van der Waals surface area contributed by atoms with E-state index in [0.717, 1.165) is 10.9 Å². The molecule has 2 N–H and O–H groups in total. The maximum Gasteiger partial charge on any atom is 0.343 e. The van der Waals surface area contributed by atoms with E-state index in [-0.39, 0.29) is 24.5 Å². The minimum atomic E-state index is -1.84. The molecule has 0 fully saturated rings. The number of benzene rings is 1. The number of pyridine rings is 2. The number of carbonyl (C=O) groups is 2. The number of fused-ring (bicyclic) bond motifs is 5. The Hall–Kier alpha value is -3.52. The summed E-state index contributed by atoms with van der Waals surface area (Å²) in [6, 6.07) is 9.05. The van der Waals surface area contributed by atoms with Crippen LogP contribution in [0.15, 0.2) is 35.1 Å². The molecule has 5 rings (SSSR count). The minimum Gasteiger partial charge on any atom is -0.458 e. The molecular formula is C22H19N3O5. The van der Waals surface area contributed by atoms with Crippen molar-refractivity contribution in [1.82, 2.24) is 9.55 Å². The highest BCUT2D eigenvalue weighted by Gasteiger charge is 2.45. The summed E-state index contributed by atoms with van der Waals surface area (Å²) in [5.41, 5.74) is 1.93. The van der Waals surface area contributed by atoms with Crippen molar-refractivity contribution in [2.75, 3.05) is 5.32 Å². The number of aromatic nitrogens is 2. The largest absolute Gasteiger partial charge is 0.458 e. The Labute approximate surface area is 171 Å². The fourth-order valence-electron chi connectivity index (χ4n) is 4.27. The first-order chi connectivity index (χ1) is 14.3. The molecule has 8 nitrogen and oxygen atoms in total. The molecule has 0 saturated carbocycles. The first-order valence-corrected chi connectivity index (χ1v) is 9.70. The number of carbonyl (C=O) groups excluding carboxylic acids is 2. The molecule has 1 aromatic carbocycles. The Morgan fingerprint density at radius 1 is 1.30 bits per heavy atom. The van der Waals surface area contributed by atoms with Gasteiger partial charge < -0.3 is 19.7 Å². The summed E-state index contributed by atoms with van der Waals surface area (Å²) in [6.45, 7) is 3.31. The fraction of sp³-hybridized carbons (Fsp3) is 0.273. The number of hydrogen-bond acceptors (Lipinski definition) is 6. The van der Waals surface area contributed by atoms with E-state index in [2.05, 4.69) is 5.32 Å². The molecule has 0 aliphatic carbocycles. The molecule has 0 radical (unpaired) electrons. The molecule has 2 aliphatic heterocycles. The van der Waals surface area contributed by atoms with E-state index in [4.69, 9.17) is 9.72 Å². The zero-order chi connectivity index (χ0) is 21.2. The first kappa shape index (κ1) is 18.5. The van der Waals surface area contributed by atoms with Crippen LogP contribution in [0.5, 0.6) is 0 Å². The van der Waals surface area contributed by atoms with E-state index in [1.54, 1.807) is 29.7 Å². The molecule has 1 amide bonds. The van der Waals surface area contributed by atoms with Crippen molar-refractivity contribution >= 4 is 28.5 Å². The smallest absolute Gasteiger partial charge is 0.343 e. The van der Waals surface area contributed by atoms with E-state index >= 15 is 0 Å². The number of aliphatic hydroxyl groups is 1. The normalized spacial score (nSPS) is 19.1. The van der Waals surface area contributed by atoms with Gasteiger partial charge in [-0.3, -0.25) is 9.59 Å². The number of nitrogens with zero attached hydrogens (tertiary/aromatic N) is 2. The second-order valence-corrected chi connectivity index (χ2v) is 7.69. The lowest BCUT2D eigenvalue weighted by atomic mass is 9.86. The van der Waals surface area contributed by atoms with Gasteiger partial charge in [-0.2, -0.15) is 0 Å².